The quantitative estimate of drug-likeness (QED) is 0.323. The first-order valence-electron chi connectivity index (χ1n) is 6.14. The first-order chi connectivity index (χ1) is 10.7. The van der Waals surface area contributed by atoms with Crippen molar-refractivity contribution < 1.29 is 33.8 Å². The van der Waals surface area contributed by atoms with E-state index in [1.54, 1.807) is 0 Å². The predicted molar refractivity (Wildman–Crippen MR) is 79.1 cm³/mol. The van der Waals surface area contributed by atoms with Crippen LogP contribution in [0.4, 0.5) is 14.5 Å². The maximum Gasteiger partial charge on any atom is 0.488 e. The van der Waals surface area contributed by atoms with Gasteiger partial charge in [-0.25, -0.2) is 8.78 Å². The molecule has 2 aromatic carbocycles. The minimum Gasteiger partial charge on any atom is -0.423 e. The monoisotopic (exact) mass is 325 g/mol. The summed E-state index contributed by atoms with van der Waals surface area (Å²) in [5, 5.41) is 44.6. The summed E-state index contributed by atoms with van der Waals surface area (Å²) in [4.78, 5) is 9.63. The molecule has 2 rings (SSSR count). The number of nitro groups is 1. The van der Waals surface area contributed by atoms with Gasteiger partial charge >= 0.3 is 14.2 Å². The maximum atomic E-state index is 12.3. The van der Waals surface area contributed by atoms with Crippen molar-refractivity contribution in [3.8, 4) is 0 Å². The van der Waals surface area contributed by atoms with Gasteiger partial charge in [0.05, 0.1) is 4.92 Å². The van der Waals surface area contributed by atoms with Crippen LogP contribution >= 0.6 is 0 Å². The van der Waals surface area contributed by atoms with Crippen LogP contribution in [0.1, 0.15) is 0 Å². The van der Waals surface area contributed by atoms with Gasteiger partial charge in [0.25, 0.3) is 5.69 Å². The standard InChI is InChI=1S/C6H5BF2O2.C6H6BNO4/c8-5-2-1-4(7(10)11)3-6(5)9;9-7(10)5-2-1-3-6(4-5)8(11)12/h1-3,10-11H;1-4,9-10H. The molecule has 4 N–H and O–H groups in total. The highest BCUT2D eigenvalue weighted by Crippen LogP contribution is 2.06. The molecule has 2 aromatic rings. The Balaban J connectivity index is 0.000000231. The first-order valence-corrected chi connectivity index (χ1v) is 6.14. The van der Waals surface area contributed by atoms with Gasteiger partial charge in [-0.15, -0.1) is 0 Å². The average molecular weight is 325 g/mol. The van der Waals surface area contributed by atoms with E-state index in [1.165, 1.54) is 18.2 Å². The Morgan fingerprint density at radius 1 is 0.870 bits per heavy atom. The van der Waals surface area contributed by atoms with Crippen molar-refractivity contribution in [3.05, 3.63) is 64.2 Å². The van der Waals surface area contributed by atoms with Crippen LogP contribution in [0.2, 0.25) is 0 Å². The summed E-state index contributed by atoms with van der Waals surface area (Å²) < 4.78 is 24.6. The topological polar surface area (TPSA) is 124 Å². The molecule has 0 aliphatic rings. The fourth-order valence-electron chi connectivity index (χ4n) is 1.47. The minimum absolute atomic E-state index is 0.0658. The van der Waals surface area contributed by atoms with Gasteiger partial charge in [0.15, 0.2) is 11.6 Å². The number of nitro benzene ring substituents is 1. The molecule has 0 aliphatic carbocycles. The lowest BCUT2D eigenvalue weighted by Gasteiger charge is -1.98. The van der Waals surface area contributed by atoms with E-state index in [9.17, 15) is 18.9 Å². The van der Waals surface area contributed by atoms with E-state index in [1.807, 2.05) is 0 Å². The van der Waals surface area contributed by atoms with Gasteiger partial charge in [-0.3, -0.25) is 10.1 Å². The molecule has 0 fully saturated rings. The zero-order chi connectivity index (χ0) is 17.6. The molecule has 0 saturated carbocycles. The van der Waals surface area contributed by atoms with Crippen LogP contribution in [0.25, 0.3) is 0 Å². The lowest BCUT2D eigenvalue weighted by molar-refractivity contribution is -0.384. The van der Waals surface area contributed by atoms with Gasteiger partial charge < -0.3 is 20.1 Å². The van der Waals surface area contributed by atoms with E-state index < -0.39 is 30.8 Å². The van der Waals surface area contributed by atoms with Crippen molar-refractivity contribution in [3.63, 3.8) is 0 Å². The molecule has 0 heterocycles. The first kappa shape index (κ1) is 18.7. The van der Waals surface area contributed by atoms with Crippen molar-refractivity contribution in [2.45, 2.75) is 0 Å². The Bertz CT molecular complexity index is 686. The largest absolute Gasteiger partial charge is 0.488 e. The zero-order valence-corrected chi connectivity index (χ0v) is 11.5. The molecule has 0 atom stereocenters. The molecule has 0 radical (unpaired) electrons. The molecule has 7 nitrogen and oxygen atoms in total. The maximum absolute atomic E-state index is 12.3. The van der Waals surface area contributed by atoms with E-state index in [0.29, 0.717) is 0 Å². The molecular weight excluding hydrogens is 314 g/mol. The number of hydrogen-bond acceptors (Lipinski definition) is 6. The Labute approximate surface area is 129 Å². The summed E-state index contributed by atoms with van der Waals surface area (Å²) in [5.74, 6) is -2.09. The molecule has 0 bridgehead atoms. The smallest absolute Gasteiger partial charge is 0.423 e. The van der Waals surface area contributed by atoms with Crippen molar-refractivity contribution in [1.82, 2.24) is 0 Å². The fraction of sp³-hybridized carbons (Fsp3) is 0. The van der Waals surface area contributed by atoms with Crippen LogP contribution in [0.15, 0.2) is 42.5 Å². The summed E-state index contributed by atoms with van der Waals surface area (Å²) in [6.07, 6.45) is 0. The highest BCUT2D eigenvalue weighted by atomic mass is 19.2. The SMILES string of the molecule is O=[N+]([O-])c1cccc(B(O)O)c1.OB(O)c1ccc(F)c(F)c1. The molecule has 0 unspecified atom stereocenters. The molecular formula is C12H11B2F2NO6. The highest BCUT2D eigenvalue weighted by molar-refractivity contribution is 6.59. The number of hydrogen-bond donors (Lipinski definition) is 4. The van der Waals surface area contributed by atoms with E-state index >= 15 is 0 Å². The molecule has 120 valence electrons. The Morgan fingerprint density at radius 2 is 1.43 bits per heavy atom. The van der Waals surface area contributed by atoms with Crippen LogP contribution in [0.3, 0.4) is 0 Å². The number of rotatable bonds is 3. The number of nitrogens with zero attached hydrogens (tertiary/aromatic N) is 1. The van der Waals surface area contributed by atoms with Crippen molar-refractivity contribution in [1.29, 1.82) is 0 Å². The molecule has 0 amide bonds. The second-order valence-corrected chi connectivity index (χ2v) is 4.27. The molecule has 0 aromatic heterocycles. The summed E-state index contributed by atoms with van der Waals surface area (Å²) in [7, 11) is -3.42. The Hall–Kier alpha value is -2.33. The van der Waals surface area contributed by atoms with Gasteiger partial charge in [-0.05, 0) is 23.1 Å². The van der Waals surface area contributed by atoms with Crippen LogP contribution in [-0.4, -0.2) is 39.3 Å². The van der Waals surface area contributed by atoms with Crippen LogP contribution < -0.4 is 10.9 Å². The number of benzene rings is 2. The second kappa shape index (κ2) is 8.34. The van der Waals surface area contributed by atoms with E-state index in [2.05, 4.69) is 0 Å². The van der Waals surface area contributed by atoms with E-state index in [4.69, 9.17) is 20.1 Å². The highest BCUT2D eigenvalue weighted by Gasteiger charge is 2.14. The Morgan fingerprint density at radius 3 is 1.91 bits per heavy atom. The van der Waals surface area contributed by atoms with E-state index in [0.717, 1.165) is 24.3 Å². The lowest BCUT2D eigenvalue weighted by atomic mass is 9.80. The summed E-state index contributed by atoms with van der Waals surface area (Å²) in [5.41, 5.74) is -0.103. The summed E-state index contributed by atoms with van der Waals surface area (Å²) >= 11 is 0. The van der Waals surface area contributed by atoms with Crippen LogP contribution in [0.5, 0.6) is 0 Å². The zero-order valence-electron chi connectivity index (χ0n) is 11.5. The summed E-state index contributed by atoms with van der Waals surface area (Å²) in [6.45, 7) is 0. The van der Waals surface area contributed by atoms with Crippen molar-refractivity contribution >= 4 is 30.8 Å². The van der Waals surface area contributed by atoms with Crippen molar-refractivity contribution in [2.24, 2.45) is 0 Å². The third-order valence-electron chi connectivity index (χ3n) is 2.62. The molecule has 0 spiro atoms. The van der Waals surface area contributed by atoms with Gasteiger partial charge in [-0.1, -0.05) is 18.2 Å². The average Bonchev–Trinajstić information content (AvgIpc) is 2.50. The van der Waals surface area contributed by atoms with Crippen LogP contribution in [0, 0.1) is 21.7 Å². The van der Waals surface area contributed by atoms with Gasteiger partial charge in [0, 0.05) is 12.1 Å². The van der Waals surface area contributed by atoms with Gasteiger partial charge in [0.2, 0.25) is 0 Å². The fourth-order valence-corrected chi connectivity index (χ4v) is 1.47. The number of non-ortho nitro benzene ring substituents is 1. The minimum atomic E-state index is -1.76. The molecule has 0 saturated heterocycles. The van der Waals surface area contributed by atoms with Gasteiger partial charge in [-0.2, -0.15) is 0 Å². The third kappa shape index (κ3) is 5.75. The van der Waals surface area contributed by atoms with Gasteiger partial charge in [0.1, 0.15) is 0 Å². The summed E-state index contributed by atoms with van der Waals surface area (Å²) in [6, 6.07) is 7.87. The molecule has 23 heavy (non-hydrogen) atoms. The van der Waals surface area contributed by atoms with Crippen molar-refractivity contribution in [2.75, 3.05) is 0 Å². The lowest BCUT2D eigenvalue weighted by Crippen LogP contribution is -2.30. The molecule has 0 aliphatic heterocycles. The molecule has 11 heteroatoms. The van der Waals surface area contributed by atoms with E-state index in [-0.39, 0.29) is 16.6 Å². The normalized spacial score (nSPS) is 9.65. The van der Waals surface area contributed by atoms with Crippen LogP contribution in [-0.2, 0) is 0 Å². The number of halogens is 2. The second-order valence-electron chi connectivity index (χ2n) is 4.27. The Kier molecular flexibility index (Phi) is 6.79. The predicted octanol–water partition coefficient (Wildman–Crippen LogP) is -1.08. The third-order valence-corrected chi connectivity index (χ3v) is 2.62.